The smallest absolute Gasteiger partial charge is 0.0463 e. The van der Waals surface area contributed by atoms with E-state index < -0.39 is 0 Å². The van der Waals surface area contributed by atoms with Gasteiger partial charge in [0.15, 0.2) is 0 Å². The molecule has 4 rings (SSSR count). The van der Waals surface area contributed by atoms with E-state index in [1.165, 1.54) is 38.5 Å². The Morgan fingerprint density at radius 1 is 0.857 bits per heavy atom. The molecule has 0 amide bonds. The predicted octanol–water partition coefficient (Wildman–Crippen LogP) is 3.82. The molecule has 0 aliphatic heterocycles. The molecule has 0 bridgehead atoms. The standard InChI is InChI=1S/C18H17N3/c19-8-7-13-10-20-18-9-12(5-6-14(13)18)16-11-21-17-4-2-1-3-15(16)17/h1-6,9-11,20-21H,7-8,19H2. The Kier molecular flexibility index (Phi) is 2.79. The number of para-hydroxylation sites is 1. The Bertz CT molecular complexity index is 914. The number of H-pyrrole nitrogens is 2. The average molecular weight is 275 g/mol. The van der Waals surface area contributed by atoms with Crippen molar-refractivity contribution in [3.05, 3.63) is 60.4 Å². The van der Waals surface area contributed by atoms with Crippen LogP contribution in [0.25, 0.3) is 32.9 Å². The molecule has 2 aromatic heterocycles. The summed E-state index contributed by atoms with van der Waals surface area (Å²) >= 11 is 0. The monoisotopic (exact) mass is 275 g/mol. The van der Waals surface area contributed by atoms with Crippen LogP contribution in [-0.4, -0.2) is 16.5 Å². The van der Waals surface area contributed by atoms with Crippen LogP contribution in [0.15, 0.2) is 54.9 Å². The molecule has 3 nitrogen and oxygen atoms in total. The van der Waals surface area contributed by atoms with Crippen LogP contribution < -0.4 is 5.73 Å². The van der Waals surface area contributed by atoms with Crippen molar-refractivity contribution in [2.45, 2.75) is 6.42 Å². The summed E-state index contributed by atoms with van der Waals surface area (Å²) in [4.78, 5) is 6.69. The Balaban J connectivity index is 1.87. The van der Waals surface area contributed by atoms with E-state index in [-0.39, 0.29) is 0 Å². The van der Waals surface area contributed by atoms with E-state index >= 15 is 0 Å². The van der Waals surface area contributed by atoms with Gasteiger partial charge in [-0.2, -0.15) is 0 Å². The highest BCUT2D eigenvalue weighted by Crippen LogP contribution is 2.31. The first-order valence-electron chi connectivity index (χ1n) is 7.23. The van der Waals surface area contributed by atoms with E-state index in [2.05, 4.69) is 64.8 Å². The molecular weight excluding hydrogens is 258 g/mol. The molecule has 0 fully saturated rings. The molecule has 0 aliphatic rings. The molecule has 2 heterocycles. The summed E-state index contributed by atoms with van der Waals surface area (Å²) in [6, 6.07) is 15.0. The van der Waals surface area contributed by atoms with Gasteiger partial charge in [-0.05, 0) is 36.2 Å². The van der Waals surface area contributed by atoms with Gasteiger partial charge >= 0.3 is 0 Å². The fourth-order valence-electron chi connectivity index (χ4n) is 3.03. The van der Waals surface area contributed by atoms with E-state index in [9.17, 15) is 0 Å². The second-order valence-corrected chi connectivity index (χ2v) is 5.36. The van der Waals surface area contributed by atoms with E-state index in [1.54, 1.807) is 0 Å². The van der Waals surface area contributed by atoms with Crippen LogP contribution in [0.1, 0.15) is 5.56 Å². The third-order valence-electron chi connectivity index (χ3n) is 4.08. The fourth-order valence-corrected chi connectivity index (χ4v) is 3.03. The molecule has 4 N–H and O–H groups in total. The van der Waals surface area contributed by atoms with Crippen molar-refractivity contribution >= 4 is 21.8 Å². The van der Waals surface area contributed by atoms with Crippen LogP contribution in [0, 0.1) is 0 Å². The van der Waals surface area contributed by atoms with Crippen LogP contribution in [0.2, 0.25) is 0 Å². The van der Waals surface area contributed by atoms with E-state index in [1.807, 2.05) is 0 Å². The zero-order chi connectivity index (χ0) is 14.2. The maximum absolute atomic E-state index is 5.66. The molecule has 3 heteroatoms. The lowest BCUT2D eigenvalue weighted by Crippen LogP contribution is -2.01. The molecule has 104 valence electrons. The number of nitrogens with two attached hydrogens (primary N) is 1. The largest absolute Gasteiger partial charge is 0.361 e. The van der Waals surface area contributed by atoms with Crippen molar-refractivity contribution in [1.29, 1.82) is 0 Å². The van der Waals surface area contributed by atoms with Gasteiger partial charge in [0.1, 0.15) is 0 Å². The van der Waals surface area contributed by atoms with Crippen molar-refractivity contribution in [1.82, 2.24) is 9.97 Å². The quantitative estimate of drug-likeness (QED) is 0.523. The first-order chi connectivity index (χ1) is 10.4. The van der Waals surface area contributed by atoms with Crippen molar-refractivity contribution in [2.75, 3.05) is 6.54 Å². The van der Waals surface area contributed by atoms with Crippen LogP contribution in [0.4, 0.5) is 0 Å². The number of fused-ring (bicyclic) bond motifs is 2. The topological polar surface area (TPSA) is 57.6 Å². The summed E-state index contributed by atoms with van der Waals surface area (Å²) in [6.07, 6.45) is 5.05. The van der Waals surface area contributed by atoms with Crippen molar-refractivity contribution in [2.24, 2.45) is 5.73 Å². The Labute approximate surface area is 122 Å². The highest BCUT2D eigenvalue weighted by atomic mass is 14.7. The van der Waals surface area contributed by atoms with Gasteiger partial charge in [-0.25, -0.2) is 0 Å². The van der Waals surface area contributed by atoms with E-state index in [0.29, 0.717) is 6.54 Å². The van der Waals surface area contributed by atoms with Crippen LogP contribution in [0.5, 0.6) is 0 Å². The second-order valence-electron chi connectivity index (χ2n) is 5.36. The summed E-state index contributed by atoms with van der Waals surface area (Å²) in [7, 11) is 0. The lowest BCUT2D eigenvalue weighted by atomic mass is 10.0. The molecule has 0 unspecified atom stereocenters. The van der Waals surface area contributed by atoms with Crippen LogP contribution >= 0.6 is 0 Å². The fraction of sp³-hybridized carbons (Fsp3) is 0.111. The zero-order valence-electron chi connectivity index (χ0n) is 11.7. The normalized spacial score (nSPS) is 11.5. The average Bonchev–Trinajstić information content (AvgIpc) is 3.11. The SMILES string of the molecule is NCCc1c[nH]c2cc(-c3c[nH]c4ccccc34)ccc12. The Morgan fingerprint density at radius 2 is 1.71 bits per heavy atom. The van der Waals surface area contributed by atoms with Crippen LogP contribution in [-0.2, 0) is 6.42 Å². The molecule has 0 spiro atoms. The second kappa shape index (κ2) is 4.79. The maximum Gasteiger partial charge on any atom is 0.0463 e. The summed E-state index contributed by atoms with van der Waals surface area (Å²) in [5.74, 6) is 0. The van der Waals surface area contributed by atoms with Gasteiger partial charge in [0.25, 0.3) is 0 Å². The minimum Gasteiger partial charge on any atom is -0.361 e. The molecule has 0 atom stereocenters. The molecule has 0 saturated heterocycles. The maximum atomic E-state index is 5.66. The third-order valence-corrected chi connectivity index (χ3v) is 4.08. The lowest BCUT2D eigenvalue weighted by Gasteiger charge is -2.02. The summed E-state index contributed by atoms with van der Waals surface area (Å²) in [5, 5.41) is 2.52. The Morgan fingerprint density at radius 3 is 2.62 bits per heavy atom. The molecule has 4 aromatic rings. The van der Waals surface area contributed by atoms with Crippen molar-refractivity contribution < 1.29 is 0 Å². The van der Waals surface area contributed by atoms with Gasteiger partial charge in [0.2, 0.25) is 0 Å². The summed E-state index contributed by atoms with van der Waals surface area (Å²) in [5.41, 5.74) is 11.8. The molecule has 0 aliphatic carbocycles. The van der Waals surface area contributed by atoms with Gasteiger partial charge in [-0.15, -0.1) is 0 Å². The number of hydrogen-bond acceptors (Lipinski definition) is 1. The number of rotatable bonds is 3. The number of hydrogen-bond donors (Lipinski definition) is 3. The first kappa shape index (κ1) is 12.2. The number of aromatic nitrogens is 2. The third kappa shape index (κ3) is 1.94. The molecule has 0 radical (unpaired) electrons. The lowest BCUT2D eigenvalue weighted by molar-refractivity contribution is 0.976. The van der Waals surface area contributed by atoms with Gasteiger partial charge in [0.05, 0.1) is 0 Å². The molecule has 21 heavy (non-hydrogen) atoms. The Hall–Kier alpha value is -2.52. The van der Waals surface area contributed by atoms with E-state index in [0.717, 1.165) is 6.42 Å². The van der Waals surface area contributed by atoms with Gasteiger partial charge in [0, 0.05) is 39.8 Å². The van der Waals surface area contributed by atoms with Crippen molar-refractivity contribution in [3.63, 3.8) is 0 Å². The summed E-state index contributed by atoms with van der Waals surface area (Å²) < 4.78 is 0. The first-order valence-corrected chi connectivity index (χ1v) is 7.23. The van der Waals surface area contributed by atoms with Crippen LogP contribution in [0.3, 0.4) is 0 Å². The van der Waals surface area contributed by atoms with Crippen molar-refractivity contribution in [3.8, 4) is 11.1 Å². The number of nitrogens with one attached hydrogen (secondary N) is 2. The van der Waals surface area contributed by atoms with Gasteiger partial charge in [-0.3, -0.25) is 0 Å². The number of benzene rings is 2. The highest BCUT2D eigenvalue weighted by molar-refractivity contribution is 5.98. The van der Waals surface area contributed by atoms with Gasteiger partial charge in [-0.1, -0.05) is 30.3 Å². The molecular formula is C18H17N3. The predicted molar refractivity (Wildman–Crippen MR) is 88.3 cm³/mol. The molecule has 2 aromatic carbocycles. The number of aromatic amines is 2. The zero-order valence-corrected chi connectivity index (χ0v) is 11.7. The minimum absolute atomic E-state index is 0.678. The minimum atomic E-state index is 0.678. The van der Waals surface area contributed by atoms with E-state index in [4.69, 9.17) is 5.73 Å². The summed E-state index contributed by atoms with van der Waals surface area (Å²) in [6.45, 7) is 0.678. The highest BCUT2D eigenvalue weighted by Gasteiger charge is 2.08. The molecule has 0 saturated carbocycles. The van der Waals surface area contributed by atoms with Gasteiger partial charge < -0.3 is 15.7 Å².